The first-order valence-electron chi connectivity index (χ1n) is 7.31. The third-order valence-corrected chi connectivity index (χ3v) is 4.03. The molecule has 1 aliphatic rings. The fourth-order valence-corrected chi connectivity index (χ4v) is 3.04. The van der Waals surface area contributed by atoms with Crippen LogP contribution < -0.4 is 5.32 Å². The highest BCUT2D eigenvalue weighted by molar-refractivity contribution is 9.10. The van der Waals surface area contributed by atoms with E-state index in [9.17, 15) is 14.0 Å². The van der Waals surface area contributed by atoms with E-state index in [0.29, 0.717) is 4.47 Å². The van der Waals surface area contributed by atoms with Crippen LogP contribution in [0.15, 0.2) is 22.7 Å². The highest BCUT2D eigenvalue weighted by atomic mass is 79.9. The van der Waals surface area contributed by atoms with Gasteiger partial charge in [-0.15, -0.1) is 0 Å². The van der Waals surface area contributed by atoms with Gasteiger partial charge in [-0.25, -0.2) is 8.78 Å². The second-order valence-corrected chi connectivity index (χ2v) is 5.94. The van der Waals surface area contributed by atoms with Crippen LogP contribution in [0.5, 0.6) is 0 Å². The summed E-state index contributed by atoms with van der Waals surface area (Å²) in [6.07, 6.45) is -0.0603. The van der Waals surface area contributed by atoms with E-state index in [1.54, 1.807) is 0 Å². The zero-order valence-electron chi connectivity index (χ0n) is 13.3. The van der Waals surface area contributed by atoms with Gasteiger partial charge in [0, 0.05) is 17.8 Å². The van der Waals surface area contributed by atoms with E-state index in [4.69, 9.17) is 4.74 Å². The summed E-state index contributed by atoms with van der Waals surface area (Å²) in [5, 5.41) is 2.45. The zero-order chi connectivity index (χ0) is 17.7. The first-order chi connectivity index (χ1) is 10.8. The predicted molar refractivity (Wildman–Crippen MR) is 86.3 cm³/mol. The van der Waals surface area contributed by atoms with Gasteiger partial charge >= 0.3 is 0 Å². The van der Waals surface area contributed by atoms with Gasteiger partial charge in [0.05, 0.1) is 13.2 Å². The molecule has 1 saturated heterocycles. The molecule has 0 bridgehead atoms. The second kappa shape index (κ2) is 7.97. The Balaban J connectivity index is 0.00000127. The minimum absolute atomic E-state index is 0.0487. The second-order valence-electron chi connectivity index (χ2n) is 5.03. The number of alkyl halides is 1. The summed E-state index contributed by atoms with van der Waals surface area (Å²) in [5.74, 6) is -1.15. The lowest BCUT2D eigenvalue weighted by Gasteiger charge is -2.46. The molecule has 0 spiro atoms. The number of halogens is 3. The molecule has 1 amide bonds. The van der Waals surface area contributed by atoms with Gasteiger partial charge in [-0.1, -0.05) is 29.8 Å². The smallest absolute Gasteiger partial charge is 0.217 e. The van der Waals surface area contributed by atoms with Crippen molar-refractivity contribution < 1.29 is 23.1 Å². The van der Waals surface area contributed by atoms with Crippen molar-refractivity contribution in [3.63, 3.8) is 0 Å². The van der Waals surface area contributed by atoms with E-state index in [1.807, 2.05) is 13.8 Å². The van der Waals surface area contributed by atoms with Gasteiger partial charge in [0.2, 0.25) is 5.91 Å². The summed E-state index contributed by atoms with van der Waals surface area (Å²) in [7, 11) is 0. The van der Waals surface area contributed by atoms with E-state index in [0.717, 1.165) is 6.07 Å². The van der Waals surface area contributed by atoms with Gasteiger partial charge in [0.1, 0.15) is 11.4 Å². The number of hydrogen-bond donors (Lipinski definition) is 1. The number of amides is 1. The van der Waals surface area contributed by atoms with Crippen molar-refractivity contribution in [3.8, 4) is 0 Å². The van der Waals surface area contributed by atoms with Crippen molar-refractivity contribution in [1.82, 2.24) is 5.32 Å². The van der Waals surface area contributed by atoms with Crippen molar-refractivity contribution in [2.45, 2.75) is 38.4 Å². The maximum absolute atomic E-state index is 15.1. The van der Waals surface area contributed by atoms with Crippen LogP contribution in [0.25, 0.3) is 0 Å². The summed E-state index contributed by atoms with van der Waals surface area (Å²) in [6.45, 7) is 5.00. The number of carbonyl (C=O) groups is 2. The van der Waals surface area contributed by atoms with Crippen molar-refractivity contribution in [3.05, 3.63) is 34.1 Å². The average molecular weight is 392 g/mol. The number of carbonyl (C=O) groups excluding carboxylic acids is 2. The molecule has 0 aromatic heterocycles. The van der Waals surface area contributed by atoms with Crippen LogP contribution in [0.2, 0.25) is 0 Å². The van der Waals surface area contributed by atoms with E-state index < -0.39 is 22.9 Å². The van der Waals surface area contributed by atoms with Gasteiger partial charge in [-0.2, -0.15) is 0 Å². The fraction of sp³-hybridized carbons (Fsp3) is 0.500. The molecular formula is C16H20BrF2NO3. The van der Waals surface area contributed by atoms with E-state index in [2.05, 4.69) is 21.2 Å². The van der Waals surface area contributed by atoms with Crippen LogP contribution in [0.3, 0.4) is 0 Å². The van der Waals surface area contributed by atoms with Gasteiger partial charge in [0.15, 0.2) is 12.0 Å². The molecule has 4 nitrogen and oxygen atoms in total. The Morgan fingerprint density at radius 1 is 1.39 bits per heavy atom. The average Bonchev–Trinajstić information content (AvgIpc) is 2.50. The standard InChI is InChI=1S/C14H14BrF2NO3.C2H6/c1-9(20)18-14(8-21-3-2-13(14,17)7-19)10-4-11(15)6-12(16)5-10;1-2/h4-7H,2-3,8H2,1H3,(H,18,20);1-2H3. The van der Waals surface area contributed by atoms with Crippen molar-refractivity contribution in [2.75, 3.05) is 13.2 Å². The summed E-state index contributed by atoms with van der Waals surface area (Å²) in [6, 6.07) is 3.76. The van der Waals surface area contributed by atoms with Crippen LogP contribution in [0, 0.1) is 5.82 Å². The molecule has 2 unspecified atom stereocenters. The fourth-order valence-electron chi connectivity index (χ4n) is 2.58. The van der Waals surface area contributed by atoms with Crippen LogP contribution in [0.1, 0.15) is 32.8 Å². The zero-order valence-corrected chi connectivity index (χ0v) is 14.9. The summed E-state index contributed by atoms with van der Waals surface area (Å²) in [5.41, 5.74) is -3.98. The van der Waals surface area contributed by atoms with Crippen LogP contribution >= 0.6 is 15.9 Å². The molecule has 128 valence electrons. The van der Waals surface area contributed by atoms with Crippen LogP contribution in [-0.2, 0) is 19.9 Å². The molecule has 23 heavy (non-hydrogen) atoms. The van der Waals surface area contributed by atoms with Crippen molar-refractivity contribution >= 4 is 28.1 Å². The molecule has 2 rings (SSSR count). The molecule has 7 heteroatoms. The highest BCUT2D eigenvalue weighted by Gasteiger charge is 2.57. The topological polar surface area (TPSA) is 55.4 Å². The molecule has 0 saturated carbocycles. The van der Waals surface area contributed by atoms with E-state index in [-0.39, 0.29) is 31.5 Å². The predicted octanol–water partition coefficient (Wildman–Crippen LogP) is 3.27. The third kappa shape index (κ3) is 3.95. The number of benzene rings is 1. The Kier molecular flexibility index (Phi) is 6.83. The SMILES string of the molecule is CC.CC(=O)NC1(c2cc(F)cc(Br)c2)COCCC1(F)C=O. The molecule has 1 aliphatic heterocycles. The quantitative estimate of drug-likeness (QED) is 0.804. The van der Waals surface area contributed by atoms with Gasteiger partial charge < -0.3 is 10.1 Å². The minimum atomic E-state index is -2.37. The lowest BCUT2D eigenvalue weighted by molar-refractivity contribution is -0.145. The summed E-state index contributed by atoms with van der Waals surface area (Å²) >= 11 is 3.13. The molecule has 1 fully saturated rings. The molecule has 1 aromatic rings. The monoisotopic (exact) mass is 391 g/mol. The van der Waals surface area contributed by atoms with Crippen molar-refractivity contribution in [1.29, 1.82) is 0 Å². The maximum Gasteiger partial charge on any atom is 0.217 e. The van der Waals surface area contributed by atoms with Gasteiger partial charge in [0.25, 0.3) is 0 Å². The van der Waals surface area contributed by atoms with Gasteiger partial charge in [-0.3, -0.25) is 9.59 Å². The normalized spacial score (nSPS) is 26.7. The lowest BCUT2D eigenvalue weighted by Crippen LogP contribution is -2.65. The molecule has 1 aromatic carbocycles. The number of rotatable bonds is 3. The maximum atomic E-state index is 15.1. The van der Waals surface area contributed by atoms with Crippen molar-refractivity contribution in [2.24, 2.45) is 0 Å². The first kappa shape index (κ1) is 19.7. The van der Waals surface area contributed by atoms with E-state index in [1.165, 1.54) is 19.1 Å². The summed E-state index contributed by atoms with van der Waals surface area (Å²) < 4.78 is 34.4. The Bertz CT molecular complexity index is 564. The number of hydrogen-bond acceptors (Lipinski definition) is 3. The molecule has 1 heterocycles. The Hall–Kier alpha value is -1.34. The number of aldehydes is 1. The Labute approximate surface area is 142 Å². The van der Waals surface area contributed by atoms with E-state index >= 15 is 4.39 Å². The first-order valence-corrected chi connectivity index (χ1v) is 8.10. The Morgan fingerprint density at radius 3 is 2.57 bits per heavy atom. The molecule has 1 N–H and O–H groups in total. The van der Waals surface area contributed by atoms with Crippen LogP contribution in [-0.4, -0.2) is 31.1 Å². The van der Waals surface area contributed by atoms with Crippen LogP contribution in [0.4, 0.5) is 8.78 Å². The summed E-state index contributed by atoms with van der Waals surface area (Å²) in [4.78, 5) is 22.8. The molecular weight excluding hydrogens is 372 g/mol. The highest BCUT2D eigenvalue weighted by Crippen LogP contribution is 2.41. The molecule has 2 atom stereocenters. The lowest BCUT2D eigenvalue weighted by atomic mass is 9.73. The minimum Gasteiger partial charge on any atom is -0.378 e. The molecule has 0 aliphatic carbocycles. The largest absolute Gasteiger partial charge is 0.378 e. The number of ether oxygens (including phenoxy) is 1. The molecule has 0 radical (unpaired) electrons. The number of nitrogens with one attached hydrogen (secondary N) is 1. The third-order valence-electron chi connectivity index (χ3n) is 3.57. The Morgan fingerprint density at radius 2 is 2.04 bits per heavy atom. The van der Waals surface area contributed by atoms with Gasteiger partial charge in [-0.05, 0) is 23.8 Å².